The molecule has 3 atom stereocenters. The highest BCUT2D eigenvalue weighted by Crippen LogP contribution is 2.34. The van der Waals surface area contributed by atoms with E-state index in [1.165, 1.54) is 57.2 Å². The van der Waals surface area contributed by atoms with Crippen LogP contribution in [0.15, 0.2) is 24.5 Å². The molecule has 0 spiro atoms. The lowest BCUT2D eigenvalue weighted by atomic mass is 9.97. The van der Waals surface area contributed by atoms with Gasteiger partial charge in [0.05, 0.1) is 0 Å². The second-order valence-electron chi connectivity index (χ2n) is 6.41. The topological polar surface area (TPSA) is 28.2 Å². The fraction of sp³-hybridized carbons (Fsp3) is 0.706. The summed E-state index contributed by atoms with van der Waals surface area (Å²) in [4.78, 5) is 6.87. The molecule has 1 aromatic rings. The maximum atomic E-state index is 4.15. The number of piperidine rings is 1. The van der Waals surface area contributed by atoms with Gasteiger partial charge < -0.3 is 5.32 Å². The van der Waals surface area contributed by atoms with Crippen molar-refractivity contribution in [2.24, 2.45) is 0 Å². The van der Waals surface area contributed by atoms with Gasteiger partial charge in [-0.05, 0) is 69.8 Å². The zero-order chi connectivity index (χ0) is 13.8. The molecule has 0 aliphatic carbocycles. The van der Waals surface area contributed by atoms with Crippen LogP contribution in [0.2, 0.25) is 0 Å². The van der Waals surface area contributed by atoms with Crippen molar-refractivity contribution in [3.8, 4) is 0 Å². The Morgan fingerprint density at radius 1 is 1.25 bits per heavy atom. The highest BCUT2D eigenvalue weighted by atomic mass is 15.2. The van der Waals surface area contributed by atoms with E-state index in [4.69, 9.17) is 0 Å². The predicted molar refractivity (Wildman–Crippen MR) is 82.6 cm³/mol. The summed E-state index contributed by atoms with van der Waals surface area (Å²) >= 11 is 0. The molecular formula is C17H27N3. The van der Waals surface area contributed by atoms with Gasteiger partial charge in [0, 0.05) is 30.5 Å². The van der Waals surface area contributed by atoms with Gasteiger partial charge in [0.25, 0.3) is 0 Å². The van der Waals surface area contributed by atoms with Gasteiger partial charge in [-0.3, -0.25) is 9.88 Å². The summed E-state index contributed by atoms with van der Waals surface area (Å²) in [6, 6.07) is 6.39. The third-order valence-electron chi connectivity index (χ3n) is 4.99. The Morgan fingerprint density at radius 2 is 2.10 bits per heavy atom. The van der Waals surface area contributed by atoms with Gasteiger partial charge in [-0.25, -0.2) is 0 Å². The Hall–Kier alpha value is -0.930. The maximum absolute atomic E-state index is 4.15. The largest absolute Gasteiger partial charge is 0.314 e. The van der Waals surface area contributed by atoms with Crippen molar-refractivity contribution in [2.75, 3.05) is 13.1 Å². The summed E-state index contributed by atoms with van der Waals surface area (Å²) < 4.78 is 0. The molecule has 0 aromatic carbocycles. The quantitative estimate of drug-likeness (QED) is 0.913. The van der Waals surface area contributed by atoms with Crippen LogP contribution in [0.5, 0.6) is 0 Å². The SMILES string of the molecule is CC(CC1CCCCN1)N1CCCC1c1ccncc1. The Labute approximate surface area is 122 Å². The molecule has 0 bridgehead atoms. The Bertz CT molecular complexity index is 400. The first-order valence-corrected chi connectivity index (χ1v) is 8.23. The Balaban J connectivity index is 1.62. The molecule has 3 heterocycles. The number of likely N-dealkylation sites (tertiary alicyclic amines) is 1. The van der Waals surface area contributed by atoms with Gasteiger partial charge in [0.15, 0.2) is 0 Å². The molecule has 2 saturated heterocycles. The summed E-state index contributed by atoms with van der Waals surface area (Å²) in [6.45, 7) is 4.88. The van der Waals surface area contributed by atoms with Crippen molar-refractivity contribution in [1.29, 1.82) is 0 Å². The lowest BCUT2D eigenvalue weighted by molar-refractivity contribution is 0.165. The van der Waals surface area contributed by atoms with E-state index in [9.17, 15) is 0 Å². The number of rotatable bonds is 4. The minimum Gasteiger partial charge on any atom is -0.314 e. The van der Waals surface area contributed by atoms with Crippen LogP contribution in [0.1, 0.15) is 57.1 Å². The smallest absolute Gasteiger partial charge is 0.0352 e. The molecule has 3 heteroatoms. The highest BCUT2D eigenvalue weighted by molar-refractivity contribution is 5.16. The average Bonchev–Trinajstić information content (AvgIpc) is 2.99. The van der Waals surface area contributed by atoms with E-state index in [-0.39, 0.29) is 0 Å². The minimum absolute atomic E-state index is 0.608. The predicted octanol–water partition coefficient (Wildman–Crippen LogP) is 3.14. The lowest BCUT2D eigenvalue weighted by Crippen LogP contribution is -2.41. The first-order chi connectivity index (χ1) is 9.84. The highest BCUT2D eigenvalue weighted by Gasteiger charge is 2.30. The Morgan fingerprint density at radius 3 is 2.85 bits per heavy atom. The van der Waals surface area contributed by atoms with E-state index >= 15 is 0 Å². The molecule has 3 rings (SSSR count). The first kappa shape index (κ1) is 14.0. The summed E-state index contributed by atoms with van der Waals surface area (Å²) in [5.74, 6) is 0. The lowest BCUT2D eigenvalue weighted by Gasteiger charge is -2.34. The van der Waals surface area contributed by atoms with E-state index in [1.54, 1.807) is 0 Å². The second kappa shape index (κ2) is 6.68. The minimum atomic E-state index is 0.608. The van der Waals surface area contributed by atoms with Gasteiger partial charge in [0.2, 0.25) is 0 Å². The van der Waals surface area contributed by atoms with Crippen LogP contribution in [-0.2, 0) is 0 Å². The van der Waals surface area contributed by atoms with Gasteiger partial charge in [-0.2, -0.15) is 0 Å². The number of pyridine rings is 1. The molecule has 1 aromatic heterocycles. The molecule has 3 unspecified atom stereocenters. The van der Waals surface area contributed by atoms with Gasteiger partial charge in [-0.15, -0.1) is 0 Å². The standard InChI is InChI=1S/C17H27N3/c1-14(13-16-5-2-3-9-19-16)20-12-4-6-17(20)15-7-10-18-11-8-15/h7-8,10-11,14,16-17,19H,2-6,9,12-13H2,1H3. The number of hydrogen-bond donors (Lipinski definition) is 1. The molecular weight excluding hydrogens is 246 g/mol. The number of nitrogens with one attached hydrogen (secondary N) is 1. The number of aromatic nitrogens is 1. The van der Waals surface area contributed by atoms with Crippen LogP contribution < -0.4 is 5.32 Å². The zero-order valence-corrected chi connectivity index (χ0v) is 12.6. The van der Waals surface area contributed by atoms with Crippen molar-refractivity contribution < 1.29 is 0 Å². The van der Waals surface area contributed by atoms with Crippen molar-refractivity contribution in [1.82, 2.24) is 15.2 Å². The monoisotopic (exact) mass is 273 g/mol. The molecule has 0 radical (unpaired) electrons. The molecule has 2 aliphatic rings. The van der Waals surface area contributed by atoms with Crippen LogP contribution in [0.4, 0.5) is 0 Å². The molecule has 1 N–H and O–H groups in total. The molecule has 2 aliphatic heterocycles. The molecule has 20 heavy (non-hydrogen) atoms. The number of nitrogens with zero attached hydrogens (tertiary/aromatic N) is 2. The normalized spacial score (nSPS) is 29.4. The fourth-order valence-corrected chi connectivity index (χ4v) is 3.93. The summed E-state index contributed by atoms with van der Waals surface area (Å²) in [5, 5.41) is 3.69. The van der Waals surface area contributed by atoms with Gasteiger partial charge in [0.1, 0.15) is 0 Å². The van der Waals surface area contributed by atoms with Gasteiger partial charge >= 0.3 is 0 Å². The second-order valence-corrected chi connectivity index (χ2v) is 6.41. The van der Waals surface area contributed by atoms with E-state index in [0.29, 0.717) is 12.1 Å². The van der Waals surface area contributed by atoms with Crippen LogP contribution in [0.3, 0.4) is 0 Å². The van der Waals surface area contributed by atoms with Crippen LogP contribution >= 0.6 is 0 Å². The third kappa shape index (κ3) is 3.21. The summed E-state index contributed by atoms with van der Waals surface area (Å²) in [7, 11) is 0. The van der Waals surface area contributed by atoms with Gasteiger partial charge in [-0.1, -0.05) is 6.42 Å². The van der Waals surface area contributed by atoms with E-state index in [2.05, 4.69) is 34.3 Å². The first-order valence-electron chi connectivity index (χ1n) is 8.23. The van der Waals surface area contributed by atoms with Crippen LogP contribution in [0, 0.1) is 0 Å². The van der Waals surface area contributed by atoms with Crippen molar-refractivity contribution in [3.05, 3.63) is 30.1 Å². The van der Waals surface area contributed by atoms with Crippen LogP contribution in [0.25, 0.3) is 0 Å². The average molecular weight is 273 g/mol. The fourth-order valence-electron chi connectivity index (χ4n) is 3.93. The molecule has 0 saturated carbocycles. The van der Waals surface area contributed by atoms with E-state index < -0.39 is 0 Å². The van der Waals surface area contributed by atoms with Crippen molar-refractivity contribution in [3.63, 3.8) is 0 Å². The maximum Gasteiger partial charge on any atom is 0.0352 e. The molecule has 3 nitrogen and oxygen atoms in total. The zero-order valence-electron chi connectivity index (χ0n) is 12.6. The Kier molecular flexibility index (Phi) is 4.69. The van der Waals surface area contributed by atoms with Crippen LogP contribution in [-0.4, -0.2) is 35.1 Å². The summed E-state index contributed by atoms with van der Waals surface area (Å²) in [5.41, 5.74) is 1.45. The number of hydrogen-bond acceptors (Lipinski definition) is 3. The molecule has 0 amide bonds. The van der Waals surface area contributed by atoms with E-state index in [0.717, 1.165) is 6.04 Å². The summed E-state index contributed by atoms with van der Waals surface area (Å²) in [6.07, 6.45) is 11.9. The van der Waals surface area contributed by atoms with Crippen molar-refractivity contribution in [2.45, 2.75) is 63.6 Å². The van der Waals surface area contributed by atoms with E-state index in [1.807, 2.05) is 12.4 Å². The van der Waals surface area contributed by atoms with Crippen molar-refractivity contribution >= 4 is 0 Å². The molecule has 2 fully saturated rings. The molecule has 110 valence electrons. The third-order valence-corrected chi connectivity index (χ3v) is 4.99.